The zero-order valence-corrected chi connectivity index (χ0v) is 12.5. The molecule has 100 valence electrons. The predicted molar refractivity (Wildman–Crippen MR) is 73.8 cm³/mol. The fraction of sp³-hybridized carbons (Fsp3) is 0.583. The Morgan fingerprint density at radius 1 is 1.67 bits per heavy atom. The van der Waals surface area contributed by atoms with Crippen LogP contribution in [0.5, 0.6) is 0 Å². The first kappa shape index (κ1) is 14.0. The number of hydrogen-bond donors (Lipinski definition) is 1. The van der Waals surface area contributed by atoms with Crippen LogP contribution in [0.25, 0.3) is 0 Å². The summed E-state index contributed by atoms with van der Waals surface area (Å²) < 4.78 is 6.41. The molecule has 1 aliphatic heterocycles. The van der Waals surface area contributed by atoms with Gasteiger partial charge in [-0.15, -0.1) is 11.3 Å². The van der Waals surface area contributed by atoms with E-state index in [0.717, 1.165) is 17.6 Å². The maximum absolute atomic E-state index is 11.2. The van der Waals surface area contributed by atoms with E-state index in [1.165, 1.54) is 4.88 Å². The van der Waals surface area contributed by atoms with Crippen molar-refractivity contribution in [3.05, 3.63) is 20.8 Å². The van der Waals surface area contributed by atoms with Crippen LogP contribution in [0.1, 0.15) is 11.8 Å². The molecule has 4 nitrogen and oxygen atoms in total. The van der Waals surface area contributed by atoms with Crippen LogP contribution >= 0.6 is 27.3 Å². The minimum Gasteiger partial charge on any atom is -0.481 e. The van der Waals surface area contributed by atoms with Crippen molar-refractivity contribution in [1.82, 2.24) is 4.90 Å². The highest BCUT2D eigenvalue weighted by Crippen LogP contribution is 2.25. The number of rotatable bonds is 5. The summed E-state index contributed by atoms with van der Waals surface area (Å²) in [4.78, 5) is 14.6. The Hall–Kier alpha value is -0.430. The fourth-order valence-corrected chi connectivity index (χ4v) is 3.71. The van der Waals surface area contributed by atoms with Gasteiger partial charge in [0.1, 0.15) is 0 Å². The summed E-state index contributed by atoms with van der Waals surface area (Å²) in [6.45, 7) is 4.50. The highest BCUT2D eigenvalue weighted by molar-refractivity contribution is 9.10. The Bertz CT molecular complexity index is 423. The molecule has 0 amide bonds. The number of thiophene rings is 1. The average Bonchev–Trinajstić information content (AvgIpc) is 2.94. The Kier molecular flexibility index (Phi) is 4.77. The molecule has 2 atom stereocenters. The second-order valence-electron chi connectivity index (χ2n) is 4.34. The van der Waals surface area contributed by atoms with E-state index in [2.05, 4.69) is 33.8 Å². The lowest BCUT2D eigenvalue weighted by Gasteiger charge is -2.28. The SMILES string of the molecule is CCN(Cc1cc(Br)cs1)C1COCC1C(=O)O. The summed E-state index contributed by atoms with van der Waals surface area (Å²) in [6.07, 6.45) is 0. The molecule has 6 heteroatoms. The lowest BCUT2D eigenvalue weighted by atomic mass is 10.0. The highest BCUT2D eigenvalue weighted by Gasteiger charge is 2.37. The third-order valence-electron chi connectivity index (χ3n) is 3.22. The molecule has 1 aromatic heterocycles. The zero-order valence-electron chi connectivity index (χ0n) is 10.1. The molecule has 0 spiro atoms. The molecule has 2 rings (SSSR count). The fourth-order valence-electron chi connectivity index (χ4n) is 2.24. The van der Waals surface area contributed by atoms with Gasteiger partial charge < -0.3 is 9.84 Å². The number of ether oxygens (including phenoxy) is 1. The molecular formula is C12H16BrNO3S. The lowest BCUT2D eigenvalue weighted by molar-refractivity contribution is -0.143. The minimum absolute atomic E-state index is 0.0200. The van der Waals surface area contributed by atoms with Crippen molar-refractivity contribution in [3.63, 3.8) is 0 Å². The molecule has 0 saturated carbocycles. The van der Waals surface area contributed by atoms with Crippen LogP contribution in [-0.4, -0.2) is 41.8 Å². The van der Waals surface area contributed by atoms with E-state index in [-0.39, 0.29) is 6.04 Å². The standard InChI is InChI=1S/C12H16BrNO3S/c1-2-14(4-9-3-8(13)7-18-9)11-6-17-5-10(11)12(15)16/h3,7,10-11H,2,4-6H2,1H3,(H,15,16). The van der Waals surface area contributed by atoms with E-state index in [1.54, 1.807) is 11.3 Å². The second-order valence-corrected chi connectivity index (χ2v) is 6.26. The third-order valence-corrected chi connectivity index (χ3v) is 4.91. The maximum atomic E-state index is 11.2. The molecule has 1 aliphatic rings. The van der Waals surface area contributed by atoms with Crippen molar-refractivity contribution in [3.8, 4) is 0 Å². The molecule has 0 radical (unpaired) electrons. The topological polar surface area (TPSA) is 49.8 Å². The first-order chi connectivity index (χ1) is 8.61. The van der Waals surface area contributed by atoms with E-state index in [0.29, 0.717) is 13.2 Å². The molecule has 1 N–H and O–H groups in total. The predicted octanol–water partition coefficient (Wildman–Crippen LogP) is 2.43. The summed E-state index contributed by atoms with van der Waals surface area (Å²) in [7, 11) is 0. The van der Waals surface area contributed by atoms with Gasteiger partial charge in [-0.05, 0) is 28.5 Å². The summed E-state index contributed by atoms with van der Waals surface area (Å²) >= 11 is 5.12. The number of carbonyl (C=O) groups is 1. The van der Waals surface area contributed by atoms with Gasteiger partial charge in [-0.2, -0.15) is 0 Å². The van der Waals surface area contributed by atoms with Gasteiger partial charge in [-0.1, -0.05) is 6.92 Å². The van der Waals surface area contributed by atoms with E-state index in [4.69, 9.17) is 4.74 Å². The van der Waals surface area contributed by atoms with Crippen LogP contribution in [0.2, 0.25) is 0 Å². The first-order valence-corrected chi connectivity index (χ1v) is 7.56. The summed E-state index contributed by atoms with van der Waals surface area (Å²) in [5.41, 5.74) is 0. The summed E-state index contributed by atoms with van der Waals surface area (Å²) in [5, 5.41) is 11.2. The molecule has 0 aliphatic carbocycles. The molecule has 2 heterocycles. The first-order valence-electron chi connectivity index (χ1n) is 5.89. The number of hydrogen-bond acceptors (Lipinski definition) is 4. The Labute approximate surface area is 119 Å². The van der Waals surface area contributed by atoms with Gasteiger partial charge in [0.15, 0.2) is 0 Å². The van der Waals surface area contributed by atoms with Gasteiger partial charge in [0, 0.05) is 27.3 Å². The van der Waals surface area contributed by atoms with E-state index >= 15 is 0 Å². The molecule has 1 aromatic rings. The minimum atomic E-state index is -0.761. The molecular weight excluding hydrogens is 318 g/mol. The average molecular weight is 334 g/mol. The number of halogens is 1. The van der Waals surface area contributed by atoms with Gasteiger partial charge in [0.05, 0.1) is 19.1 Å². The summed E-state index contributed by atoms with van der Waals surface area (Å²) in [6, 6.07) is 2.06. The van der Waals surface area contributed by atoms with Gasteiger partial charge in [0.2, 0.25) is 0 Å². The highest BCUT2D eigenvalue weighted by atomic mass is 79.9. The van der Waals surface area contributed by atoms with Gasteiger partial charge >= 0.3 is 5.97 Å². The van der Waals surface area contributed by atoms with Crippen molar-refractivity contribution >= 4 is 33.2 Å². The maximum Gasteiger partial charge on any atom is 0.310 e. The van der Waals surface area contributed by atoms with Gasteiger partial charge in [-0.3, -0.25) is 9.69 Å². The van der Waals surface area contributed by atoms with E-state index in [1.807, 2.05) is 5.38 Å². The van der Waals surface area contributed by atoms with E-state index in [9.17, 15) is 9.90 Å². The largest absolute Gasteiger partial charge is 0.481 e. The normalized spacial score (nSPS) is 23.7. The second kappa shape index (κ2) is 6.14. The molecule has 2 unspecified atom stereocenters. The van der Waals surface area contributed by atoms with Crippen LogP contribution < -0.4 is 0 Å². The summed E-state index contributed by atoms with van der Waals surface area (Å²) in [5.74, 6) is -1.17. The van der Waals surface area contributed by atoms with Crippen molar-refractivity contribution < 1.29 is 14.6 Å². The lowest BCUT2D eigenvalue weighted by Crippen LogP contribution is -2.42. The Morgan fingerprint density at radius 2 is 2.44 bits per heavy atom. The number of carboxylic acids is 1. The number of nitrogens with zero attached hydrogens (tertiary/aromatic N) is 1. The number of likely N-dealkylation sites (N-methyl/N-ethyl adjacent to an activating group) is 1. The number of carboxylic acid groups (broad SMARTS) is 1. The Balaban J connectivity index is 2.06. The van der Waals surface area contributed by atoms with Crippen molar-refractivity contribution in [2.24, 2.45) is 5.92 Å². The van der Waals surface area contributed by atoms with Crippen LogP contribution in [0.3, 0.4) is 0 Å². The smallest absolute Gasteiger partial charge is 0.310 e. The molecule has 1 fully saturated rings. The van der Waals surface area contributed by atoms with Crippen LogP contribution in [0.15, 0.2) is 15.9 Å². The van der Waals surface area contributed by atoms with Gasteiger partial charge in [0.25, 0.3) is 0 Å². The number of aliphatic carboxylic acids is 1. The van der Waals surface area contributed by atoms with Gasteiger partial charge in [-0.25, -0.2) is 0 Å². The third kappa shape index (κ3) is 3.12. The van der Waals surface area contributed by atoms with E-state index < -0.39 is 11.9 Å². The monoisotopic (exact) mass is 333 g/mol. The van der Waals surface area contributed by atoms with Crippen molar-refractivity contribution in [1.29, 1.82) is 0 Å². The molecule has 1 saturated heterocycles. The van der Waals surface area contributed by atoms with Crippen molar-refractivity contribution in [2.75, 3.05) is 19.8 Å². The van der Waals surface area contributed by atoms with Crippen LogP contribution in [0, 0.1) is 5.92 Å². The van der Waals surface area contributed by atoms with Crippen LogP contribution in [-0.2, 0) is 16.1 Å². The van der Waals surface area contributed by atoms with Crippen molar-refractivity contribution in [2.45, 2.75) is 19.5 Å². The molecule has 18 heavy (non-hydrogen) atoms. The quantitative estimate of drug-likeness (QED) is 0.899. The van der Waals surface area contributed by atoms with Crippen LogP contribution in [0.4, 0.5) is 0 Å². The molecule has 0 aromatic carbocycles. The molecule has 0 bridgehead atoms. The zero-order chi connectivity index (χ0) is 13.1. The Morgan fingerprint density at radius 3 is 3.00 bits per heavy atom.